The van der Waals surface area contributed by atoms with E-state index in [2.05, 4.69) is 20.6 Å². The normalized spacial score (nSPS) is 10.4. The monoisotopic (exact) mass is 251 g/mol. The van der Waals surface area contributed by atoms with Crippen LogP contribution in [0.2, 0.25) is 0 Å². The van der Waals surface area contributed by atoms with E-state index in [9.17, 15) is 14.2 Å². The molecule has 0 aliphatic carbocycles. The lowest BCUT2D eigenvalue weighted by molar-refractivity contribution is -0.147. The fourth-order valence-electron chi connectivity index (χ4n) is 0.637. The molecule has 8 heteroatoms. The van der Waals surface area contributed by atoms with Gasteiger partial charge in [0.05, 0.1) is 6.42 Å². The zero-order chi connectivity index (χ0) is 12.4. The average Bonchev–Trinajstić information content (AvgIpc) is 2.24. The molecule has 0 fully saturated rings. The van der Waals surface area contributed by atoms with Gasteiger partial charge in [0.25, 0.3) is 0 Å². The molecule has 0 aliphatic rings. The summed E-state index contributed by atoms with van der Waals surface area (Å²) in [6.07, 6.45) is 0.891. The van der Waals surface area contributed by atoms with E-state index in [0.717, 1.165) is 6.08 Å². The van der Waals surface area contributed by atoms with E-state index >= 15 is 0 Å². The molecule has 0 aromatic heterocycles. The quantitative estimate of drug-likeness (QED) is 0.287. The predicted molar refractivity (Wildman–Crippen MR) is 52.5 cm³/mol. The Morgan fingerprint density at radius 3 is 2.50 bits per heavy atom. The summed E-state index contributed by atoms with van der Waals surface area (Å²) in [7, 11) is -2.67. The molecule has 0 aromatic rings. The maximum atomic E-state index is 10.9. The molecule has 0 aliphatic heterocycles. The van der Waals surface area contributed by atoms with Crippen molar-refractivity contribution >= 4 is 20.2 Å². The van der Waals surface area contributed by atoms with Gasteiger partial charge in [0, 0.05) is 10.6 Å². The molecule has 0 aromatic carbocycles. The average molecular weight is 251 g/mol. The van der Waals surface area contributed by atoms with E-state index in [4.69, 9.17) is 4.89 Å². The Balaban J connectivity index is 3.41. The van der Waals surface area contributed by atoms with Crippen LogP contribution in [0.5, 0.6) is 0 Å². The molecule has 1 unspecified atom stereocenters. The van der Waals surface area contributed by atoms with Gasteiger partial charge < -0.3 is 9.47 Å². The molecule has 1 N–H and O–H groups in total. The molecule has 0 saturated carbocycles. The van der Waals surface area contributed by atoms with Crippen molar-refractivity contribution in [1.29, 1.82) is 0 Å². The Morgan fingerprint density at radius 1 is 1.25 bits per heavy atom. The van der Waals surface area contributed by atoms with Crippen LogP contribution in [0.25, 0.3) is 0 Å². The van der Waals surface area contributed by atoms with Gasteiger partial charge in [0.2, 0.25) is 0 Å². The van der Waals surface area contributed by atoms with E-state index in [1.54, 1.807) is 0 Å². The van der Waals surface area contributed by atoms with Crippen molar-refractivity contribution in [3.05, 3.63) is 12.7 Å². The highest BCUT2D eigenvalue weighted by Crippen LogP contribution is 2.12. The molecule has 0 amide bonds. The van der Waals surface area contributed by atoms with Crippen LogP contribution >= 0.6 is 8.25 Å². The summed E-state index contributed by atoms with van der Waals surface area (Å²) in [5, 5.41) is 0. The third-order valence-corrected chi connectivity index (χ3v) is 1.67. The lowest BCUT2D eigenvalue weighted by Crippen LogP contribution is -2.13. The van der Waals surface area contributed by atoms with Crippen LogP contribution in [0.15, 0.2) is 12.7 Å². The van der Waals surface area contributed by atoms with Crippen molar-refractivity contribution in [3.63, 3.8) is 0 Å². The molecular weight excluding hydrogens is 239 g/mol. The number of esters is 2. The maximum Gasteiger partial charge on any atom is 0.694 e. The lowest BCUT2D eigenvalue weighted by atomic mass is 10.4. The van der Waals surface area contributed by atoms with E-state index in [0.29, 0.717) is 0 Å². The Bertz CT molecular complexity index is 276. The number of hydrogen-bond donors (Lipinski definition) is 1. The van der Waals surface area contributed by atoms with Crippen LogP contribution in [0.1, 0.15) is 6.42 Å². The summed E-state index contributed by atoms with van der Waals surface area (Å²) < 4.78 is 23.4. The number of carbonyl (C=O) groups is 2. The van der Waals surface area contributed by atoms with Gasteiger partial charge in [-0.3, -0.25) is 4.79 Å². The first-order chi connectivity index (χ1) is 7.56. The van der Waals surface area contributed by atoms with Gasteiger partial charge in [-0.15, -0.1) is 9.42 Å². The van der Waals surface area contributed by atoms with Crippen molar-refractivity contribution in [2.24, 2.45) is 0 Å². The van der Waals surface area contributed by atoms with Crippen LogP contribution in [0.4, 0.5) is 0 Å². The summed E-state index contributed by atoms with van der Waals surface area (Å²) in [6, 6.07) is 0. The van der Waals surface area contributed by atoms with Crippen LogP contribution in [-0.4, -0.2) is 36.7 Å². The highest BCUT2D eigenvalue weighted by molar-refractivity contribution is 7.32. The van der Waals surface area contributed by atoms with Crippen molar-refractivity contribution in [2.75, 3.05) is 19.8 Å². The SMILES string of the molecule is C=CC(=O)OCCC(=O)OCCO[P+](=O)O. The molecular formula is C8H12O7P+. The van der Waals surface area contributed by atoms with E-state index < -0.39 is 20.2 Å². The highest BCUT2D eigenvalue weighted by atomic mass is 31.1. The van der Waals surface area contributed by atoms with Crippen LogP contribution in [0.3, 0.4) is 0 Å². The summed E-state index contributed by atoms with van der Waals surface area (Å²) in [5.74, 6) is -1.21. The van der Waals surface area contributed by atoms with Crippen molar-refractivity contribution in [3.8, 4) is 0 Å². The standard InChI is InChI=1S/C8H11O7P/c1-2-7(9)13-4-3-8(10)14-5-6-15-16(11)12/h2H,1,3-6H2/p+1. The van der Waals surface area contributed by atoms with Crippen LogP contribution in [0, 0.1) is 0 Å². The molecule has 0 rings (SSSR count). The second kappa shape index (κ2) is 8.96. The number of hydrogen-bond acceptors (Lipinski definition) is 6. The number of ether oxygens (including phenoxy) is 2. The molecule has 0 heterocycles. The zero-order valence-corrected chi connectivity index (χ0v) is 9.35. The fraction of sp³-hybridized carbons (Fsp3) is 0.500. The number of rotatable bonds is 8. The molecule has 7 nitrogen and oxygen atoms in total. The Morgan fingerprint density at radius 2 is 1.94 bits per heavy atom. The molecule has 1 atom stereocenters. The molecule has 0 radical (unpaired) electrons. The first kappa shape index (κ1) is 14.7. The maximum absolute atomic E-state index is 10.9. The summed E-state index contributed by atoms with van der Waals surface area (Å²) in [5.41, 5.74) is 0. The van der Waals surface area contributed by atoms with Crippen LogP contribution in [-0.2, 0) is 28.2 Å². The minimum absolute atomic E-state index is 0.0924. The first-order valence-electron chi connectivity index (χ1n) is 4.30. The minimum Gasteiger partial charge on any atom is -0.463 e. The summed E-state index contributed by atoms with van der Waals surface area (Å²) in [4.78, 5) is 29.7. The Kier molecular flexibility index (Phi) is 8.24. The van der Waals surface area contributed by atoms with Gasteiger partial charge in [-0.2, -0.15) is 0 Å². The summed E-state index contributed by atoms with van der Waals surface area (Å²) >= 11 is 0. The molecule has 16 heavy (non-hydrogen) atoms. The molecule has 90 valence electrons. The second-order valence-electron chi connectivity index (χ2n) is 2.41. The lowest BCUT2D eigenvalue weighted by Gasteiger charge is -2.02. The van der Waals surface area contributed by atoms with Crippen molar-refractivity contribution in [2.45, 2.75) is 6.42 Å². The third kappa shape index (κ3) is 9.26. The van der Waals surface area contributed by atoms with E-state index in [1.165, 1.54) is 0 Å². The Labute approximate surface area is 92.9 Å². The molecule has 0 bridgehead atoms. The molecule has 0 saturated heterocycles. The van der Waals surface area contributed by atoms with Gasteiger partial charge in [0.1, 0.15) is 19.8 Å². The van der Waals surface area contributed by atoms with Gasteiger partial charge in [-0.05, 0) is 0 Å². The first-order valence-corrected chi connectivity index (χ1v) is 5.43. The fourth-order valence-corrected chi connectivity index (χ4v) is 0.868. The summed E-state index contributed by atoms with van der Waals surface area (Å²) in [6.45, 7) is 2.79. The number of carbonyl (C=O) groups excluding carboxylic acids is 2. The Hall–Kier alpha value is -1.30. The highest BCUT2D eigenvalue weighted by Gasteiger charge is 2.12. The zero-order valence-electron chi connectivity index (χ0n) is 8.46. The topological polar surface area (TPSA) is 99.1 Å². The van der Waals surface area contributed by atoms with Crippen molar-refractivity contribution < 1.29 is 33.0 Å². The van der Waals surface area contributed by atoms with E-state index in [1.807, 2.05) is 0 Å². The van der Waals surface area contributed by atoms with E-state index in [-0.39, 0.29) is 26.2 Å². The van der Waals surface area contributed by atoms with Crippen molar-refractivity contribution in [1.82, 2.24) is 0 Å². The predicted octanol–water partition coefficient (Wildman–Crippen LogP) is 0.315. The van der Waals surface area contributed by atoms with Gasteiger partial charge in [0.15, 0.2) is 0 Å². The largest absolute Gasteiger partial charge is 0.694 e. The smallest absolute Gasteiger partial charge is 0.463 e. The molecule has 0 spiro atoms. The van der Waals surface area contributed by atoms with Gasteiger partial charge in [-0.1, -0.05) is 6.58 Å². The minimum atomic E-state index is -2.67. The van der Waals surface area contributed by atoms with Gasteiger partial charge in [-0.25, -0.2) is 4.79 Å². The second-order valence-corrected chi connectivity index (χ2v) is 3.15. The van der Waals surface area contributed by atoms with Crippen LogP contribution < -0.4 is 0 Å². The third-order valence-electron chi connectivity index (χ3n) is 1.27. The van der Waals surface area contributed by atoms with Gasteiger partial charge >= 0.3 is 20.2 Å².